The van der Waals surface area contributed by atoms with Crippen LogP contribution in [0.15, 0.2) is 24.3 Å². The number of rotatable bonds is 6. The van der Waals surface area contributed by atoms with Gasteiger partial charge in [0.25, 0.3) is 0 Å². The van der Waals surface area contributed by atoms with Gasteiger partial charge in [-0.1, -0.05) is 44.5 Å². The van der Waals surface area contributed by atoms with Crippen LogP contribution in [-0.2, 0) is 11.2 Å². The van der Waals surface area contributed by atoms with Gasteiger partial charge in [0, 0.05) is 18.9 Å². The molecule has 21 heavy (non-hydrogen) atoms. The number of aliphatic hydroxyl groups excluding tert-OH is 1. The van der Waals surface area contributed by atoms with Crippen LogP contribution >= 0.6 is 0 Å². The molecule has 116 valence electrons. The van der Waals surface area contributed by atoms with Crippen molar-refractivity contribution < 1.29 is 9.90 Å². The van der Waals surface area contributed by atoms with Crippen LogP contribution < -0.4 is 5.32 Å². The normalized spacial score (nSPS) is 21.7. The Hall–Kier alpha value is -1.35. The first-order chi connectivity index (χ1) is 10.1. The molecule has 1 saturated carbocycles. The third-order valence-corrected chi connectivity index (χ3v) is 4.47. The smallest absolute Gasteiger partial charge is 0.220 e. The highest BCUT2D eigenvalue weighted by Gasteiger charge is 2.25. The summed E-state index contributed by atoms with van der Waals surface area (Å²) in [6.45, 7) is 4.98. The predicted octanol–water partition coefficient (Wildman–Crippen LogP) is 3.02. The number of aryl methyl sites for hydroxylation is 1. The van der Waals surface area contributed by atoms with Crippen LogP contribution in [0.1, 0.15) is 56.6 Å². The summed E-state index contributed by atoms with van der Waals surface area (Å²) in [7, 11) is 0. The summed E-state index contributed by atoms with van der Waals surface area (Å²) < 4.78 is 0. The van der Waals surface area contributed by atoms with Gasteiger partial charge in [-0.25, -0.2) is 0 Å². The molecule has 1 aliphatic carbocycles. The number of aliphatic hydroxyl groups is 1. The molecular weight excluding hydrogens is 262 g/mol. The summed E-state index contributed by atoms with van der Waals surface area (Å²) in [6.07, 6.45) is 4.04. The molecule has 0 saturated heterocycles. The van der Waals surface area contributed by atoms with Crippen molar-refractivity contribution in [1.82, 2.24) is 5.32 Å². The predicted molar refractivity (Wildman–Crippen MR) is 85.2 cm³/mol. The Morgan fingerprint density at radius 2 is 2.00 bits per heavy atom. The second-order valence-electron chi connectivity index (χ2n) is 6.46. The van der Waals surface area contributed by atoms with Gasteiger partial charge >= 0.3 is 0 Å². The number of hydrogen-bond donors (Lipinski definition) is 2. The second-order valence-corrected chi connectivity index (χ2v) is 6.46. The summed E-state index contributed by atoms with van der Waals surface area (Å²) in [5.41, 5.74) is 2.54. The third-order valence-electron chi connectivity index (χ3n) is 4.47. The molecule has 0 aliphatic heterocycles. The van der Waals surface area contributed by atoms with Crippen LogP contribution in [0.25, 0.3) is 0 Å². The average Bonchev–Trinajstić information content (AvgIpc) is 2.88. The molecule has 3 heteroatoms. The van der Waals surface area contributed by atoms with Crippen molar-refractivity contribution in [1.29, 1.82) is 0 Å². The minimum Gasteiger partial charge on any atom is -0.393 e. The minimum atomic E-state index is -0.228. The lowest BCUT2D eigenvalue weighted by Gasteiger charge is -2.15. The zero-order chi connectivity index (χ0) is 15.2. The summed E-state index contributed by atoms with van der Waals surface area (Å²) in [5, 5.41) is 12.7. The van der Waals surface area contributed by atoms with Gasteiger partial charge in [-0.2, -0.15) is 0 Å². The molecule has 1 amide bonds. The van der Waals surface area contributed by atoms with Crippen molar-refractivity contribution in [3.8, 4) is 0 Å². The highest BCUT2D eigenvalue weighted by Crippen LogP contribution is 2.24. The molecule has 2 N–H and O–H groups in total. The minimum absolute atomic E-state index is 0.0852. The first-order valence-corrected chi connectivity index (χ1v) is 8.10. The van der Waals surface area contributed by atoms with E-state index in [1.807, 2.05) is 0 Å². The first-order valence-electron chi connectivity index (χ1n) is 8.10. The molecular formula is C18H27NO2. The molecule has 2 atom stereocenters. The van der Waals surface area contributed by atoms with E-state index < -0.39 is 0 Å². The van der Waals surface area contributed by atoms with Gasteiger partial charge in [0.2, 0.25) is 5.91 Å². The lowest BCUT2D eigenvalue weighted by molar-refractivity contribution is -0.121. The molecule has 0 radical (unpaired) electrons. The van der Waals surface area contributed by atoms with Gasteiger partial charge in [-0.3, -0.25) is 4.79 Å². The van der Waals surface area contributed by atoms with Crippen LogP contribution in [-0.4, -0.2) is 23.7 Å². The Morgan fingerprint density at radius 1 is 1.29 bits per heavy atom. The number of nitrogens with one attached hydrogen (secondary N) is 1. The van der Waals surface area contributed by atoms with Crippen LogP contribution in [0.2, 0.25) is 0 Å². The fourth-order valence-electron chi connectivity index (χ4n) is 2.92. The zero-order valence-electron chi connectivity index (χ0n) is 13.1. The van der Waals surface area contributed by atoms with Gasteiger partial charge in [0.05, 0.1) is 6.10 Å². The molecule has 0 spiro atoms. The number of amides is 1. The Kier molecular flexibility index (Phi) is 5.80. The maximum Gasteiger partial charge on any atom is 0.220 e. The SMILES string of the molecule is CC(C)c1ccc(CCC(=O)NCC2CCCC2O)cc1. The van der Waals surface area contributed by atoms with Gasteiger partial charge in [-0.15, -0.1) is 0 Å². The van der Waals surface area contributed by atoms with Crippen molar-refractivity contribution in [2.24, 2.45) is 5.92 Å². The van der Waals surface area contributed by atoms with Gasteiger partial charge in [0.15, 0.2) is 0 Å². The molecule has 1 aromatic carbocycles. The maximum absolute atomic E-state index is 11.9. The van der Waals surface area contributed by atoms with E-state index in [9.17, 15) is 9.90 Å². The highest BCUT2D eigenvalue weighted by atomic mass is 16.3. The average molecular weight is 289 g/mol. The maximum atomic E-state index is 11.9. The van der Waals surface area contributed by atoms with Crippen molar-refractivity contribution >= 4 is 5.91 Å². The fraction of sp³-hybridized carbons (Fsp3) is 0.611. The number of hydrogen-bond acceptors (Lipinski definition) is 2. The number of carbonyl (C=O) groups is 1. The van der Waals surface area contributed by atoms with E-state index in [4.69, 9.17) is 0 Å². The third kappa shape index (κ3) is 4.85. The lowest BCUT2D eigenvalue weighted by atomic mass is 10.00. The largest absolute Gasteiger partial charge is 0.393 e. The molecule has 0 heterocycles. The Balaban J connectivity index is 1.71. The number of benzene rings is 1. The van der Waals surface area contributed by atoms with Crippen molar-refractivity contribution in [3.63, 3.8) is 0 Å². The zero-order valence-corrected chi connectivity index (χ0v) is 13.1. The molecule has 0 bridgehead atoms. The second kappa shape index (κ2) is 7.60. The van der Waals surface area contributed by atoms with E-state index in [-0.39, 0.29) is 17.9 Å². The highest BCUT2D eigenvalue weighted by molar-refractivity contribution is 5.76. The van der Waals surface area contributed by atoms with Crippen LogP contribution in [0, 0.1) is 5.92 Å². The molecule has 3 nitrogen and oxygen atoms in total. The Labute approximate surface area is 127 Å². The quantitative estimate of drug-likeness (QED) is 0.845. The summed E-state index contributed by atoms with van der Waals surface area (Å²) in [5.74, 6) is 0.876. The van der Waals surface area contributed by atoms with Crippen molar-refractivity contribution in [2.45, 2.75) is 58.0 Å². The summed E-state index contributed by atoms with van der Waals surface area (Å²) in [6, 6.07) is 8.52. The van der Waals surface area contributed by atoms with E-state index in [0.717, 1.165) is 25.7 Å². The molecule has 1 aromatic rings. The van der Waals surface area contributed by atoms with E-state index in [1.54, 1.807) is 0 Å². The van der Waals surface area contributed by atoms with E-state index in [0.29, 0.717) is 18.9 Å². The van der Waals surface area contributed by atoms with Crippen molar-refractivity contribution in [3.05, 3.63) is 35.4 Å². The van der Waals surface area contributed by atoms with Crippen LogP contribution in [0.4, 0.5) is 0 Å². The monoisotopic (exact) mass is 289 g/mol. The van der Waals surface area contributed by atoms with E-state index in [1.165, 1.54) is 11.1 Å². The molecule has 2 rings (SSSR count). The van der Waals surface area contributed by atoms with Crippen LogP contribution in [0.3, 0.4) is 0 Å². The fourth-order valence-corrected chi connectivity index (χ4v) is 2.92. The standard InChI is InChI=1S/C18H27NO2/c1-13(2)15-9-6-14(7-10-15)8-11-18(21)19-12-16-4-3-5-17(16)20/h6-7,9-10,13,16-17,20H,3-5,8,11-12H2,1-2H3,(H,19,21). The summed E-state index contributed by atoms with van der Waals surface area (Å²) >= 11 is 0. The van der Waals surface area contributed by atoms with E-state index in [2.05, 4.69) is 43.4 Å². The van der Waals surface area contributed by atoms with Crippen LogP contribution in [0.5, 0.6) is 0 Å². The summed E-state index contributed by atoms with van der Waals surface area (Å²) in [4.78, 5) is 11.9. The molecule has 2 unspecified atom stereocenters. The van der Waals surface area contributed by atoms with Gasteiger partial charge in [0.1, 0.15) is 0 Å². The lowest BCUT2D eigenvalue weighted by Crippen LogP contribution is -2.32. The molecule has 1 aliphatic rings. The van der Waals surface area contributed by atoms with Gasteiger partial charge < -0.3 is 10.4 Å². The Morgan fingerprint density at radius 3 is 2.57 bits per heavy atom. The van der Waals surface area contributed by atoms with Gasteiger partial charge in [-0.05, 0) is 36.3 Å². The topological polar surface area (TPSA) is 49.3 Å². The van der Waals surface area contributed by atoms with Crippen molar-refractivity contribution in [2.75, 3.05) is 6.54 Å². The number of carbonyl (C=O) groups excluding carboxylic acids is 1. The molecule has 0 aromatic heterocycles. The van der Waals surface area contributed by atoms with E-state index >= 15 is 0 Å². The Bertz CT molecular complexity index is 453. The molecule has 1 fully saturated rings. The first kappa shape index (κ1) is 16.0.